The first-order chi connectivity index (χ1) is 31.6. The van der Waals surface area contributed by atoms with Crippen molar-refractivity contribution >= 4 is 15.7 Å². The molecule has 0 N–H and O–H groups in total. The van der Waals surface area contributed by atoms with E-state index in [0.717, 1.165) is 45.6 Å². The number of nitriles is 2. The summed E-state index contributed by atoms with van der Waals surface area (Å²) in [6.45, 7) is 0. The summed E-state index contributed by atoms with van der Waals surface area (Å²) in [5, 5.41) is 31.3. The van der Waals surface area contributed by atoms with Crippen LogP contribution in [0.4, 0.5) is 0 Å². The Morgan fingerprint density at radius 3 is 0.894 bits per heavy atom. The van der Waals surface area contributed by atoms with E-state index >= 15 is 0 Å². The molecule has 324 valence electrons. The van der Waals surface area contributed by atoms with Crippen molar-refractivity contribution in [3.05, 3.63) is 219 Å². The Balaban J connectivity index is 0.000000224. The minimum absolute atomic E-state index is 0. The standard InChI is InChI=1S/2C13H9N4.2C11H9N.2CH3BN.2Fe/c2*1-3-7-14-10(5-1)12-9-13(17-16-12)11-6-2-4-8-15-11;2*1-2-4-10(5-3-1)11-6-8-12-9-7-11;2*2-1-3;;/h2*1-9H;2*1-9H;2*2H3;;/q2*-1;;;2*-1;2*+2. The van der Waals surface area contributed by atoms with Crippen LogP contribution in [-0.2, 0) is 34.1 Å². The number of hydrogen-bond acceptors (Lipinski definition) is 10. The molecule has 2 aromatic carbocycles. The molecule has 0 atom stereocenters. The minimum atomic E-state index is 0. The Bertz CT molecular complexity index is 2470. The molecule has 8 heterocycles. The third-order valence-electron chi connectivity index (χ3n) is 8.36. The van der Waals surface area contributed by atoms with Crippen molar-refractivity contribution in [2.45, 2.75) is 0 Å². The molecule has 0 aliphatic heterocycles. The molecule has 0 unspecified atom stereocenters. The molecule has 0 radical (unpaired) electrons. The molecule has 0 aliphatic carbocycles. The molecular weight excluding hydrogens is 902 g/mol. The minimum Gasteiger partial charge on any atom is -0.573 e. The summed E-state index contributed by atoms with van der Waals surface area (Å²) < 4.78 is 0. The SMILES string of the molecule is [BH3-]C#N.[BH3-]C#N.[Fe+2].[Fe+2].c1ccc(-c2cc(-c3ccccn3)[n-]n2)nc1.c1ccc(-c2cc(-c3ccccn3)[n-]n2)nc1.c1ccc(-c2ccncc2)cc1.c1ccc(-c2ccncc2)cc1. The second-order valence-corrected chi connectivity index (χ2v) is 12.3. The summed E-state index contributed by atoms with van der Waals surface area (Å²) in [6, 6.07) is 55.2. The van der Waals surface area contributed by atoms with Crippen LogP contribution in [0.25, 0.3) is 67.8 Å². The molecule has 0 saturated heterocycles. The molecular formula is C50H42B2Fe2N12. The van der Waals surface area contributed by atoms with Crippen molar-refractivity contribution in [1.82, 2.24) is 50.3 Å². The van der Waals surface area contributed by atoms with Gasteiger partial charge in [-0.2, -0.15) is 11.9 Å². The first kappa shape index (κ1) is 52.3. The summed E-state index contributed by atoms with van der Waals surface area (Å²) in [7, 11) is 0.139. The zero-order chi connectivity index (χ0) is 44.9. The fourth-order valence-electron chi connectivity index (χ4n) is 5.50. The van der Waals surface area contributed by atoms with E-state index in [1.54, 1.807) is 24.8 Å². The molecule has 66 heavy (non-hydrogen) atoms. The average molecular weight is 944 g/mol. The van der Waals surface area contributed by atoms with Crippen LogP contribution in [0.2, 0.25) is 0 Å². The zero-order valence-electron chi connectivity index (χ0n) is 33.9. The Morgan fingerprint density at radius 1 is 0.333 bits per heavy atom. The van der Waals surface area contributed by atoms with E-state index in [1.807, 2.05) is 182 Å². The van der Waals surface area contributed by atoms with Crippen molar-refractivity contribution in [3.63, 3.8) is 0 Å². The maximum Gasteiger partial charge on any atom is 2.00 e. The van der Waals surface area contributed by atoms with Gasteiger partial charge in [-0.15, -0.1) is 0 Å². The van der Waals surface area contributed by atoms with Gasteiger partial charge in [-0.05, 0) is 107 Å². The van der Waals surface area contributed by atoms with Crippen LogP contribution >= 0.6 is 0 Å². The molecule has 0 spiro atoms. The van der Waals surface area contributed by atoms with Crippen LogP contribution < -0.4 is 10.2 Å². The van der Waals surface area contributed by atoms with Crippen molar-refractivity contribution in [1.29, 1.82) is 10.5 Å². The number of aromatic nitrogens is 10. The van der Waals surface area contributed by atoms with Crippen LogP contribution in [0, 0.1) is 22.5 Å². The summed E-state index contributed by atoms with van der Waals surface area (Å²) in [4.78, 5) is 24.9. The van der Waals surface area contributed by atoms with E-state index < -0.39 is 0 Å². The van der Waals surface area contributed by atoms with E-state index in [4.69, 9.17) is 10.5 Å². The fraction of sp³-hybridized carbons (Fsp3) is 0. The van der Waals surface area contributed by atoms with E-state index in [0.29, 0.717) is 0 Å². The predicted molar refractivity (Wildman–Crippen MR) is 258 cm³/mol. The number of hydrogen-bond donors (Lipinski definition) is 0. The molecule has 8 aromatic heterocycles. The van der Waals surface area contributed by atoms with Gasteiger partial charge >= 0.3 is 34.1 Å². The molecule has 16 heteroatoms. The molecule has 0 bridgehead atoms. The van der Waals surface area contributed by atoms with Crippen LogP contribution in [0.5, 0.6) is 0 Å². The summed E-state index contributed by atoms with van der Waals surface area (Å²) in [6.07, 6.45) is 14.2. The number of pyridine rings is 6. The van der Waals surface area contributed by atoms with Gasteiger partial charge in [0.05, 0.1) is 38.5 Å². The topological polar surface area (TPSA) is 179 Å². The molecule has 10 aromatic rings. The van der Waals surface area contributed by atoms with E-state index in [2.05, 4.69) is 74.6 Å². The Kier molecular flexibility index (Phi) is 24.4. The second kappa shape index (κ2) is 30.9. The predicted octanol–water partition coefficient (Wildman–Crippen LogP) is 7.48. The van der Waals surface area contributed by atoms with Gasteiger partial charge in [-0.25, -0.2) is 0 Å². The van der Waals surface area contributed by atoms with Crippen molar-refractivity contribution in [3.8, 4) is 79.7 Å². The first-order valence-corrected chi connectivity index (χ1v) is 18.8. The van der Waals surface area contributed by atoms with Gasteiger partial charge in [-0.1, -0.05) is 96.3 Å². The smallest absolute Gasteiger partial charge is 0.573 e. The van der Waals surface area contributed by atoms with Crippen LogP contribution in [0.1, 0.15) is 0 Å². The van der Waals surface area contributed by atoms with Crippen LogP contribution in [0.15, 0.2) is 219 Å². The third-order valence-corrected chi connectivity index (χ3v) is 8.36. The monoisotopic (exact) mass is 944 g/mol. The summed E-state index contributed by atoms with van der Waals surface area (Å²) >= 11 is 0. The number of benzene rings is 2. The van der Waals surface area contributed by atoms with Gasteiger partial charge in [0.25, 0.3) is 0 Å². The largest absolute Gasteiger partial charge is 2.00 e. The van der Waals surface area contributed by atoms with Gasteiger partial charge in [0.1, 0.15) is 0 Å². The van der Waals surface area contributed by atoms with E-state index in [9.17, 15) is 0 Å². The second-order valence-electron chi connectivity index (χ2n) is 12.3. The van der Waals surface area contributed by atoms with Gasteiger partial charge in [-0.3, -0.25) is 40.4 Å². The van der Waals surface area contributed by atoms with Crippen LogP contribution in [0.3, 0.4) is 0 Å². The molecule has 12 nitrogen and oxygen atoms in total. The Hall–Kier alpha value is -8.09. The van der Waals surface area contributed by atoms with Gasteiger partial charge < -0.3 is 20.4 Å². The van der Waals surface area contributed by atoms with E-state index in [1.165, 1.54) is 22.3 Å². The van der Waals surface area contributed by atoms with Crippen molar-refractivity contribution < 1.29 is 34.1 Å². The number of nitrogens with zero attached hydrogens (tertiary/aromatic N) is 12. The van der Waals surface area contributed by atoms with Crippen LogP contribution in [-0.4, -0.2) is 55.8 Å². The maximum absolute atomic E-state index is 7.43. The third kappa shape index (κ3) is 17.6. The fourth-order valence-corrected chi connectivity index (χ4v) is 5.50. The maximum atomic E-state index is 7.43. The van der Waals surface area contributed by atoms with Gasteiger partial charge in [0.2, 0.25) is 0 Å². The Morgan fingerprint density at radius 2 is 0.606 bits per heavy atom. The first-order valence-electron chi connectivity index (χ1n) is 18.8. The molecule has 0 saturated carbocycles. The summed E-state index contributed by atoms with van der Waals surface area (Å²) in [5.41, 5.74) is 11.3. The molecule has 0 amide bonds. The number of rotatable bonds is 6. The normalized spacial score (nSPS) is 9.09. The quantitative estimate of drug-likeness (QED) is 0.150. The van der Waals surface area contributed by atoms with Crippen molar-refractivity contribution in [2.24, 2.45) is 0 Å². The van der Waals surface area contributed by atoms with E-state index in [-0.39, 0.29) is 49.8 Å². The summed E-state index contributed by atoms with van der Waals surface area (Å²) in [5.74, 6) is 4.00. The van der Waals surface area contributed by atoms with Crippen molar-refractivity contribution in [2.75, 3.05) is 0 Å². The average Bonchev–Trinajstić information content (AvgIpc) is 4.10. The molecule has 0 aliphatic rings. The Labute approximate surface area is 407 Å². The van der Waals surface area contributed by atoms with Gasteiger partial charge in [0.15, 0.2) is 0 Å². The zero-order valence-corrected chi connectivity index (χ0v) is 36.1. The van der Waals surface area contributed by atoms with Gasteiger partial charge in [0, 0.05) is 61.0 Å². The molecule has 10 rings (SSSR count). The molecule has 0 fully saturated rings.